The molecule has 0 unspecified atom stereocenters. The molecule has 0 aromatic heterocycles. The number of carbonyl (C=O) groups excluding carboxylic acids is 1. The van der Waals surface area contributed by atoms with E-state index in [0.717, 1.165) is 25.6 Å². The fraction of sp³-hybridized carbons (Fsp3) is 0.929. The maximum atomic E-state index is 12.0. The summed E-state index contributed by atoms with van der Waals surface area (Å²) in [7, 11) is 0. The predicted molar refractivity (Wildman–Crippen MR) is 69.8 cm³/mol. The van der Waals surface area contributed by atoms with Crippen molar-refractivity contribution in [2.75, 3.05) is 26.3 Å². The summed E-state index contributed by atoms with van der Waals surface area (Å²) in [6.45, 7) is 11.3. The van der Waals surface area contributed by atoms with Gasteiger partial charge in [-0.3, -0.25) is 4.79 Å². The first-order valence-electron chi connectivity index (χ1n) is 6.84. The van der Waals surface area contributed by atoms with E-state index in [4.69, 9.17) is 4.74 Å². The van der Waals surface area contributed by atoms with Crippen LogP contribution >= 0.6 is 0 Å². The molecule has 1 aliphatic rings. The summed E-state index contributed by atoms with van der Waals surface area (Å²) in [5.74, 6) is 1.90. The summed E-state index contributed by atoms with van der Waals surface area (Å²) < 4.78 is 5.47. The minimum Gasteiger partial charge on any atom is -0.371 e. The van der Waals surface area contributed by atoms with Crippen LogP contribution in [-0.4, -0.2) is 37.1 Å². The van der Waals surface area contributed by atoms with E-state index in [0.29, 0.717) is 11.8 Å². The Balaban J connectivity index is 2.28. The normalized spacial score (nSPS) is 15.6. The zero-order chi connectivity index (χ0) is 12.8. The van der Waals surface area contributed by atoms with Crippen molar-refractivity contribution in [2.24, 2.45) is 17.8 Å². The van der Waals surface area contributed by atoms with Gasteiger partial charge < -0.3 is 9.64 Å². The highest BCUT2D eigenvalue weighted by Crippen LogP contribution is 2.28. The van der Waals surface area contributed by atoms with E-state index >= 15 is 0 Å². The average molecular weight is 241 g/mol. The molecule has 0 saturated heterocycles. The van der Waals surface area contributed by atoms with Gasteiger partial charge in [-0.25, -0.2) is 0 Å². The first-order chi connectivity index (χ1) is 7.99. The van der Waals surface area contributed by atoms with Crippen molar-refractivity contribution in [1.82, 2.24) is 4.90 Å². The monoisotopic (exact) mass is 241 g/mol. The first-order valence-corrected chi connectivity index (χ1v) is 6.84. The molecule has 0 aromatic carbocycles. The third kappa shape index (κ3) is 6.67. The Morgan fingerprint density at radius 3 is 2.12 bits per heavy atom. The molecule has 0 atom stereocenters. The smallest absolute Gasteiger partial charge is 0.248 e. The molecule has 1 aliphatic carbocycles. The molecular formula is C14H27NO2. The molecule has 1 amide bonds. The lowest BCUT2D eigenvalue weighted by molar-refractivity contribution is -0.137. The lowest BCUT2D eigenvalue weighted by Crippen LogP contribution is -2.39. The van der Waals surface area contributed by atoms with Gasteiger partial charge in [-0.05, 0) is 30.6 Å². The summed E-state index contributed by atoms with van der Waals surface area (Å²) in [6, 6.07) is 0. The molecule has 1 rings (SSSR count). The Morgan fingerprint density at radius 1 is 1.18 bits per heavy atom. The van der Waals surface area contributed by atoms with E-state index in [1.807, 2.05) is 4.90 Å². The van der Waals surface area contributed by atoms with Crippen LogP contribution in [0.4, 0.5) is 0 Å². The Morgan fingerprint density at radius 2 is 1.71 bits per heavy atom. The van der Waals surface area contributed by atoms with Crippen LogP contribution in [0.2, 0.25) is 0 Å². The van der Waals surface area contributed by atoms with Crippen LogP contribution in [0.5, 0.6) is 0 Å². The van der Waals surface area contributed by atoms with Crippen molar-refractivity contribution in [3.8, 4) is 0 Å². The number of hydrogen-bond donors (Lipinski definition) is 0. The van der Waals surface area contributed by atoms with Crippen molar-refractivity contribution in [3.05, 3.63) is 0 Å². The molecule has 0 heterocycles. The summed E-state index contributed by atoms with van der Waals surface area (Å²) in [5, 5.41) is 0. The second-order valence-corrected chi connectivity index (χ2v) is 6.04. The molecule has 0 bridgehead atoms. The van der Waals surface area contributed by atoms with Gasteiger partial charge in [-0.1, -0.05) is 27.7 Å². The molecule has 1 saturated carbocycles. The zero-order valence-corrected chi connectivity index (χ0v) is 11.7. The maximum Gasteiger partial charge on any atom is 0.248 e. The standard InChI is InChI=1S/C14H27NO2/c1-11(2)7-15(8-12(3)4)14(16)10-17-9-13-5-6-13/h11-13H,5-10H2,1-4H3. The van der Waals surface area contributed by atoms with Crippen molar-refractivity contribution >= 4 is 5.91 Å². The van der Waals surface area contributed by atoms with Crippen LogP contribution in [0.1, 0.15) is 40.5 Å². The van der Waals surface area contributed by atoms with Gasteiger partial charge in [0.05, 0.1) is 6.61 Å². The number of carbonyl (C=O) groups is 1. The maximum absolute atomic E-state index is 12.0. The van der Waals surface area contributed by atoms with Gasteiger partial charge >= 0.3 is 0 Å². The van der Waals surface area contributed by atoms with E-state index in [1.165, 1.54) is 12.8 Å². The molecule has 0 aliphatic heterocycles. The fourth-order valence-electron chi connectivity index (χ4n) is 1.85. The lowest BCUT2D eigenvalue weighted by Gasteiger charge is -2.26. The van der Waals surface area contributed by atoms with E-state index in [2.05, 4.69) is 27.7 Å². The molecule has 3 nitrogen and oxygen atoms in total. The molecule has 0 radical (unpaired) electrons. The fourth-order valence-corrected chi connectivity index (χ4v) is 1.85. The molecular weight excluding hydrogens is 214 g/mol. The number of amides is 1. The largest absolute Gasteiger partial charge is 0.371 e. The van der Waals surface area contributed by atoms with E-state index in [1.54, 1.807) is 0 Å². The summed E-state index contributed by atoms with van der Waals surface area (Å²) in [4.78, 5) is 14.0. The van der Waals surface area contributed by atoms with E-state index in [9.17, 15) is 4.79 Å². The highest BCUT2D eigenvalue weighted by molar-refractivity contribution is 5.77. The number of nitrogens with zero attached hydrogens (tertiary/aromatic N) is 1. The quantitative estimate of drug-likeness (QED) is 0.653. The van der Waals surface area contributed by atoms with Gasteiger partial charge in [-0.15, -0.1) is 0 Å². The van der Waals surface area contributed by atoms with Gasteiger partial charge in [0.15, 0.2) is 0 Å². The average Bonchev–Trinajstić information content (AvgIpc) is 2.99. The van der Waals surface area contributed by atoms with Crippen molar-refractivity contribution < 1.29 is 9.53 Å². The third-order valence-electron chi connectivity index (χ3n) is 2.80. The van der Waals surface area contributed by atoms with Gasteiger partial charge in [0.2, 0.25) is 5.91 Å². The molecule has 0 spiro atoms. The van der Waals surface area contributed by atoms with E-state index in [-0.39, 0.29) is 12.5 Å². The highest BCUT2D eigenvalue weighted by atomic mass is 16.5. The minimum absolute atomic E-state index is 0.146. The molecule has 17 heavy (non-hydrogen) atoms. The number of hydrogen-bond acceptors (Lipinski definition) is 2. The molecule has 0 N–H and O–H groups in total. The van der Waals surface area contributed by atoms with Gasteiger partial charge in [0.1, 0.15) is 6.61 Å². The Kier molecular flexibility index (Phi) is 5.96. The predicted octanol–water partition coefficient (Wildman–Crippen LogP) is 2.55. The van der Waals surface area contributed by atoms with Crippen LogP contribution in [0.25, 0.3) is 0 Å². The molecule has 1 fully saturated rings. The van der Waals surface area contributed by atoms with Crippen LogP contribution in [0.15, 0.2) is 0 Å². The van der Waals surface area contributed by atoms with Gasteiger partial charge in [-0.2, -0.15) is 0 Å². The summed E-state index contributed by atoms with van der Waals surface area (Å²) in [5.41, 5.74) is 0. The van der Waals surface area contributed by atoms with Crippen molar-refractivity contribution in [1.29, 1.82) is 0 Å². The Labute approximate surface area is 106 Å². The topological polar surface area (TPSA) is 29.5 Å². The minimum atomic E-state index is 0.146. The second kappa shape index (κ2) is 7.00. The summed E-state index contributed by atoms with van der Waals surface area (Å²) >= 11 is 0. The van der Waals surface area contributed by atoms with Gasteiger partial charge in [0, 0.05) is 13.1 Å². The molecule has 100 valence electrons. The molecule has 0 aromatic rings. The zero-order valence-electron chi connectivity index (χ0n) is 11.7. The van der Waals surface area contributed by atoms with Crippen LogP contribution in [0, 0.1) is 17.8 Å². The van der Waals surface area contributed by atoms with Crippen LogP contribution < -0.4 is 0 Å². The second-order valence-electron chi connectivity index (χ2n) is 6.04. The number of rotatable bonds is 8. The third-order valence-corrected chi connectivity index (χ3v) is 2.80. The SMILES string of the molecule is CC(C)CN(CC(C)C)C(=O)COCC1CC1. The summed E-state index contributed by atoms with van der Waals surface area (Å²) in [6.07, 6.45) is 2.55. The Bertz CT molecular complexity index is 224. The molecule has 3 heteroatoms. The lowest BCUT2D eigenvalue weighted by atomic mass is 10.1. The van der Waals surface area contributed by atoms with E-state index < -0.39 is 0 Å². The highest BCUT2D eigenvalue weighted by Gasteiger charge is 2.22. The van der Waals surface area contributed by atoms with Crippen molar-refractivity contribution in [2.45, 2.75) is 40.5 Å². The van der Waals surface area contributed by atoms with Gasteiger partial charge in [0.25, 0.3) is 0 Å². The van der Waals surface area contributed by atoms with Crippen LogP contribution in [-0.2, 0) is 9.53 Å². The number of ether oxygens (including phenoxy) is 1. The Hall–Kier alpha value is -0.570. The first kappa shape index (κ1) is 14.5. The van der Waals surface area contributed by atoms with Crippen molar-refractivity contribution in [3.63, 3.8) is 0 Å². The van der Waals surface area contributed by atoms with Crippen LogP contribution in [0.3, 0.4) is 0 Å².